The van der Waals surface area contributed by atoms with Gasteiger partial charge in [-0.1, -0.05) is 50.6 Å². The van der Waals surface area contributed by atoms with E-state index in [9.17, 15) is 18.0 Å². The van der Waals surface area contributed by atoms with Gasteiger partial charge in [-0.05, 0) is 71.7 Å². The number of thiocarbonyl (C=S) groups is 1. The minimum absolute atomic E-state index is 0.0216. The number of imidazole rings is 1. The average molecular weight is 663 g/mol. The minimum atomic E-state index is -4.54. The number of aromatic nitrogens is 2. The Labute approximate surface area is 278 Å². The Hall–Kier alpha value is -4.89. The van der Waals surface area contributed by atoms with Crippen molar-refractivity contribution in [3.63, 3.8) is 0 Å². The highest BCUT2D eigenvalue weighted by Gasteiger charge is 2.34. The molecular weight excluding hydrogens is 625 g/mol. The molecule has 0 unspecified atom stereocenters. The number of anilines is 1. The number of halogens is 3. The fourth-order valence-corrected chi connectivity index (χ4v) is 5.32. The Morgan fingerprint density at radius 2 is 1.81 bits per heavy atom. The number of nitrogens with zero attached hydrogens (tertiary/aromatic N) is 4. The number of ether oxygens (including phenoxy) is 1. The van der Waals surface area contributed by atoms with Crippen LogP contribution in [0.25, 0.3) is 0 Å². The number of amides is 1. The van der Waals surface area contributed by atoms with Crippen LogP contribution in [0.3, 0.4) is 0 Å². The van der Waals surface area contributed by atoms with E-state index in [-0.39, 0.29) is 42.0 Å². The topological polar surface area (TPSA) is 95.2 Å². The maximum atomic E-state index is 14.0. The van der Waals surface area contributed by atoms with Gasteiger partial charge in [0.2, 0.25) is 5.91 Å². The molecule has 246 valence electrons. The maximum Gasteiger partial charge on any atom is 0.416 e. The van der Waals surface area contributed by atoms with E-state index in [0.29, 0.717) is 35.7 Å². The summed E-state index contributed by atoms with van der Waals surface area (Å²) in [5, 5.41) is 15.6. The van der Waals surface area contributed by atoms with Crippen molar-refractivity contribution in [2.24, 2.45) is 5.92 Å². The number of nitrogens with one attached hydrogen (secondary N) is 2. The second-order valence-electron chi connectivity index (χ2n) is 11.3. The van der Waals surface area contributed by atoms with Crippen LogP contribution in [0, 0.1) is 17.2 Å². The fourth-order valence-electron chi connectivity index (χ4n) is 5.07. The molecule has 47 heavy (non-hydrogen) atoms. The molecular formula is C35H37F3N6O2S. The van der Waals surface area contributed by atoms with Gasteiger partial charge in [0, 0.05) is 43.3 Å². The molecule has 0 aliphatic carbocycles. The number of carbonyl (C=O) groups is 1. The van der Waals surface area contributed by atoms with Crippen molar-refractivity contribution in [1.82, 2.24) is 19.8 Å². The third-order valence-electron chi connectivity index (χ3n) is 7.98. The Kier molecular flexibility index (Phi) is 12.0. The van der Waals surface area contributed by atoms with Crippen molar-refractivity contribution >= 4 is 28.9 Å². The number of alkyl halides is 3. The summed E-state index contributed by atoms with van der Waals surface area (Å²) in [4.78, 5) is 19.4. The van der Waals surface area contributed by atoms with Crippen molar-refractivity contribution in [3.05, 3.63) is 113 Å². The highest BCUT2D eigenvalue weighted by atomic mass is 32.1. The number of methoxy groups -OCH3 is 1. The van der Waals surface area contributed by atoms with Crippen LogP contribution >= 0.6 is 12.2 Å². The minimum Gasteiger partial charge on any atom is -0.497 e. The van der Waals surface area contributed by atoms with Crippen LogP contribution < -0.4 is 15.4 Å². The first-order valence-electron chi connectivity index (χ1n) is 15.1. The van der Waals surface area contributed by atoms with Crippen LogP contribution in [0.1, 0.15) is 48.2 Å². The summed E-state index contributed by atoms with van der Waals surface area (Å²) in [6, 6.07) is 21.3. The van der Waals surface area contributed by atoms with E-state index < -0.39 is 17.8 Å². The van der Waals surface area contributed by atoms with Crippen LogP contribution in [-0.4, -0.2) is 45.2 Å². The molecule has 0 saturated carbocycles. The molecule has 3 aromatic carbocycles. The van der Waals surface area contributed by atoms with Crippen molar-refractivity contribution in [3.8, 4) is 11.8 Å². The highest BCUT2D eigenvalue weighted by molar-refractivity contribution is 7.80. The van der Waals surface area contributed by atoms with Gasteiger partial charge >= 0.3 is 6.18 Å². The summed E-state index contributed by atoms with van der Waals surface area (Å²) in [6.07, 6.45) is -0.494. The molecule has 0 fully saturated rings. The van der Waals surface area contributed by atoms with Gasteiger partial charge in [0.05, 0.1) is 37.1 Å². The summed E-state index contributed by atoms with van der Waals surface area (Å²) in [5.74, 6) is 0.378. The zero-order chi connectivity index (χ0) is 34.0. The summed E-state index contributed by atoms with van der Waals surface area (Å²) in [6.45, 7) is 4.49. The van der Waals surface area contributed by atoms with E-state index >= 15 is 0 Å². The summed E-state index contributed by atoms with van der Waals surface area (Å²) < 4.78 is 49.0. The van der Waals surface area contributed by atoms with Crippen LogP contribution in [0.2, 0.25) is 0 Å². The molecule has 4 rings (SSSR count). The third kappa shape index (κ3) is 9.80. The third-order valence-corrected chi connectivity index (χ3v) is 8.34. The molecule has 1 amide bonds. The molecule has 2 N–H and O–H groups in total. The Bertz CT molecular complexity index is 1680. The molecule has 0 spiro atoms. The predicted octanol–water partition coefficient (Wildman–Crippen LogP) is 6.80. The van der Waals surface area contributed by atoms with Crippen molar-refractivity contribution in [2.45, 2.75) is 52.0 Å². The first-order chi connectivity index (χ1) is 22.5. The second-order valence-corrected chi connectivity index (χ2v) is 11.6. The average Bonchev–Trinajstić information content (AvgIpc) is 3.49. The van der Waals surface area contributed by atoms with Gasteiger partial charge in [0.25, 0.3) is 0 Å². The van der Waals surface area contributed by atoms with Crippen LogP contribution in [0.4, 0.5) is 18.9 Å². The van der Waals surface area contributed by atoms with E-state index in [1.807, 2.05) is 30.5 Å². The van der Waals surface area contributed by atoms with Gasteiger partial charge in [0.15, 0.2) is 5.11 Å². The number of hydrogen-bond acceptors (Lipinski definition) is 5. The van der Waals surface area contributed by atoms with Crippen LogP contribution in [0.5, 0.6) is 5.75 Å². The molecule has 12 heteroatoms. The summed E-state index contributed by atoms with van der Waals surface area (Å²) >= 11 is 5.76. The number of hydrogen-bond donors (Lipinski definition) is 2. The Morgan fingerprint density at radius 3 is 2.45 bits per heavy atom. The van der Waals surface area contributed by atoms with Crippen LogP contribution in [0.15, 0.2) is 85.3 Å². The summed E-state index contributed by atoms with van der Waals surface area (Å²) in [5.41, 5.74) is 2.18. The van der Waals surface area contributed by atoms with Gasteiger partial charge in [-0.2, -0.15) is 18.4 Å². The van der Waals surface area contributed by atoms with Crippen LogP contribution in [-0.2, 0) is 30.5 Å². The van der Waals surface area contributed by atoms with Crippen molar-refractivity contribution < 1.29 is 22.7 Å². The lowest BCUT2D eigenvalue weighted by molar-refractivity contribution is -0.138. The van der Waals surface area contributed by atoms with Gasteiger partial charge in [-0.25, -0.2) is 4.98 Å². The van der Waals surface area contributed by atoms with Gasteiger partial charge in [-0.15, -0.1) is 0 Å². The van der Waals surface area contributed by atoms with E-state index in [2.05, 4.69) is 21.7 Å². The number of carbonyl (C=O) groups excluding carboxylic acids is 1. The fraction of sp³-hybridized carbons (Fsp3) is 0.314. The smallest absolute Gasteiger partial charge is 0.416 e. The molecule has 2 atom stereocenters. The molecule has 0 aliphatic heterocycles. The van der Waals surface area contributed by atoms with E-state index in [1.54, 1.807) is 67.0 Å². The maximum absolute atomic E-state index is 14.0. The normalized spacial score (nSPS) is 12.4. The van der Waals surface area contributed by atoms with Gasteiger partial charge in [0.1, 0.15) is 5.75 Å². The summed E-state index contributed by atoms with van der Waals surface area (Å²) in [7, 11) is 1.55. The zero-order valence-corrected chi connectivity index (χ0v) is 27.2. The van der Waals surface area contributed by atoms with E-state index in [0.717, 1.165) is 11.6 Å². The number of rotatable bonds is 13. The lowest BCUT2D eigenvalue weighted by Gasteiger charge is -2.34. The Morgan fingerprint density at radius 1 is 1.11 bits per heavy atom. The quantitative estimate of drug-likeness (QED) is 0.152. The molecule has 0 saturated heterocycles. The molecule has 1 aromatic heterocycles. The lowest BCUT2D eigenvalue weighted by Crippen LogP contribution is -2.50. The molecule has 4 aromatic rings. The van der Waals surface area contributed by atoms with Crippen molar-refractivity contribution in [1.29, 1.82) is 5.26 Å². The monoisotopic (exact) mass is 662 g/mol. The molecule has 8 nitrogen and oxygen atoms in total. The first kappa shape index (κ1) is 35.0. The number of nitriles is 1. The highest BCUT2D eigenvalue weighted by Crippen LogP contribution is 2.32. The molecule has 0 radical (unpaired) electrons. The van der Waals surface area contributed by atoms with Gasteiger partial charge in [-0.3, -0.25) is 4.79 Å². The molecule has 0 bridgehead atoms. The SMILES string of the molecule is CC[C@H](C)[C@@H](CN(Cc1ccccc1C(F)(F)F)C(=S)Nc1ccc(OC)cc1)NC(=O)Cc1cncn1Cc1ccc(C#N)cc1. The Balaban J connectivity index is 1.54. The first-order valence-corrected chi connectivity index (χ1v) is 15.5. The standard InChI is InChI=1S/C35H37F3N6O2S/c1-4-24(2)32(42-33(45)17-29-19-40-23-44(29)20-26-11-9-25(18-39)10-12-26)22-43(21-27-7-5-6-8-31(27)35(36,37)38)34(47)41-28-13-15-30(46-3)16-14-28/h5-16,19,23-24,32H,4,17,20-22H2,1-3H3,(H,41,47)(H,42,45)/t24-,32+/m0/s1. The predicted molar refractivity (Wildman–Crippen MR) is 179 cm³/mol. The van der Waals surface area contributed by atoms with E-state index in [4.69, 9.17) is 22.2 Å². The number of benzene rings is 3. The van der Waals surface area contributed by atoms with Gasteiger partial charge < -0.3 is 24.8 Å². The van der Waals surface area contributed by atoms with E-state index in [1.165, 1.54) is 12.1 Å². The second kappa shape index (κ2) is 16.1. The van der Waals surface area contributed by atoms with Crippen molar-refractivity contribution in [2.75, 3.05) is 19.0 Å². The molecule has 0 aliphatic rings. The lowest BCUT2D eigenvalue weighted by atomic mass is 9.97. The largest absolute Gasteiger partial charge is 0.497 e. The zero-order valence-electron chi connectivity index (χ0n) is 26.4. The molecule has 1 heterocycles.